The first-order valence-electron chi connectivity index (χ1n) is 9.58. The Morgan fingerprint density at radius 1 is 1.06 bits per heavy atom. The summed E-state index contributed by atoms with van der Waals surface area (Å²) in [4.78, 5) is 12.3. The van der Waals surface area contributed by atoms with Crippen LogP contribution >= 0.6 is 0 Å². The molecule has 0 heterocycles. The third-order valence-electron chi connectivity index (χ3n) is 4.71. The molecule has 0 fully saturated rings. The number of ether oxygens (including phenoxy) is 1. The number of benzene rings is 3. The number of nitrogens with one attached hydrogen (secondary N) is 1. The van der Waals surface area contributed by atoms with Gasteiger partial charge in [-0.1, -0.05) is 36.4 Å². The van der Waals surface area contributed by atoms with E-state index in [0.29, 0.717) is 28.3 Å². The molecule has 3 rings (SSSR count). The summed E-state index contributed by atoms with van der Waals surface area (Å²) in [5.41, 5.74) is 9.12. The third-order valence-corrected chi connectivity index (χ3v) is 6.42. The maximum atomic E-state index is 12.8. The number of para-hydroxylation sites is 2. The van der Waals surface area contributed by atoms with Crippen LogP contribution < -0.4 is 15.8 Å². The molecule has 0 bridgehead atoms. The van der Waals surface area contributed by atoms with Gasteiger partial charge in [-0.3, -0.25) is 4.79 Å². The van der Waals surface area contributed by atoms with Crippen molar-refractivity contribution < 1.29 is 17.9 Å². The van der Waals surface area contributed by atoms with E-state index in [0.717, 1.165) is 5.56 Å². The van der Waals surface area contributed by atoms with E-state index in [4.69, 9.17) is 10.5 Å². The summed E-state index contributed by atoms with van der Waals surface area (Å²) in [5, 5.41) is 2.70. The zero-order chi connectivity index (χ0) is 22.4. The average molecular weight is 437 g/mol. The molecule has 31 heavy (non-hydrogen) atoms. The van der Waals surface area contributed by atoms with Gasteiger partial charge in [0, 0.05) is 6.08 Å². The second-order valence-electron chi connectivity index (χ2n) is 7.04. The number of amides is 1. The minimum atomic E-state index is -3.52. The Labute approximate surface area is 182 Å². The second-order valence-corrected chi connectivity index (χ2v) is 9.03. The van der Waals surface area contributed by atoms with Crippen molar-refractivity contribution in [2.24, 2.45) is 0 Å². The SMILES string of the molecule is COc1cc(CS(=O)(=O)c2ccc(/C=C/C(=O)Nc3ccccc3N)cc2)ccc1C. The van der Waals surface area contributed by atoms with Gasteiger partial charge in [-0.05, 0) is 60.0 Å². The molecule has 0 spiro atoms. The summed E-state index contributed by atoms with van der Waals surface area (Å²) in [6.45, 7) is 1.90. The van der Waals surface area contributed by atoms with Crippen molar-refractivity contribution >= 4 is 33.2 Å². The quantitative estimate of drug-likeness (QED) is 0.427. The highest BCUT2D eigenvalue weighted by atomic mass is 32.2. The van der Waals surface area contributed by atoms with E-state index < -0.39 is 9.84 Å². The number of hydrogen-bond acceptors (Lipinski definition) is 5. The monoisotopic (exact) mass is 436 g/mol. The molecular weight excluding hydrogens is 412 g/mol. The number of carbonyl (C=O) groups is 1. The van der Waals surface area contributed by atoms with E-state index >= 15 is 0 Å². The Bertz CT molecular complexity index is 1220. The van der Waals surface area contributed by atoms with Crippen LogP contribution in [-0.4, -0.2) is 21.4 Å². The van der Waals surface area contributed by atoms with Crippen molar-refractivity contribution in [3.63, 3.8) is 0 Å². The number of sulfone groups is 1. The standard InChI is InChI=1S/C24H24N2O4S/c1-17-7-8-19(15-23(17)30-2)16-31(28,29)20-12-9-18(10-13-20)11-14-24(27)26-22-6-4-3-5-21(22)25/h3-15H,16,25H2,1-2H3,(H,26,27)/b14-11+. The Morgan fingerprint density at radius 3 is 2.45 bits per heavy atom. The normalized spacial score (nSPS) is 11.4. The first-order chi connectivity index (χ1) is 14.8. The zero-order valence-corrected chi connectivity index (χ0v) is 18.1. The van der Waals surface area contributed by atoms with Crippen molar-refractivity contribution in [3.8, 4) is 5.75 Å². The number of hydrogen-bond donors (Lipinski definition) is 2. The molecule has 160 valence electrons. The van der Waals surface area contributed by atoms with E-state index in [1.54, 1.807) is 61.7 Å². The Hall–Kier alpha value is -3.58. The fourth-order valence-corrected chi connectivity index (χ4v) is 4.34. The fourth-order valence-electron chi connectivity index (χ4n) is 3.00. The molecule has 1 amide bonds. The predicted molar refractivity (Wildman–Crippen MR) is 124 cm³/mol. The number of aryl methyl sites for hydroxylation is 1. The summed E-state index contributed by atoms with van der Waals surface area (Å²) in [6, 6.07) is 18.7. The largest absolute Gasteiger partial charge is 0.496 e. The van der Waals surface area contributed by atoms with Gasteiger partial charge >= 0.3 is 0 Å². The Morgan fingerprint density at radius 2 is 1.77 bits per heavy atom. The van der Waals surface area contributed by atoms with Crippen molar-refractivity contribution in [2.45, 2.75) is 17.6 Å². The van der Waals surface area contributed by atoms with Gasteiger partial charge in [0.2, 0.25) is 5.91 Å². The van der Waals surface area contributed by atoms with Crippen LogP contribution in [0.2, 0.25) is 0 Å². The molecule has 0 radical (unpaired) electrons. The molecule has 0 aliphatic rings. The Balaban J connectivity index is 1.68. The minimum absolute atomic E-state index is 0.125. The van der Waals surface area contributed by atoms with E-state index in [-0.39, 0.29) is 16.6 Å². The first-order valence-corrected chi connectivity index (χ1v) is 11.2. The lowest BCUT2D eigenvalue weighted by Gasteiger charge is -2.09. The summed E-state index contributed by atoms with van der Waals surface area (Å²) in [7, 11) is -1.96. The van der Waals surface area contributed by atoms with Crippen LogP contribution in [0, 0.1) is 6.92 Å². The summed E-state index contributed by atoms with van der Waals surface area (Å²) in [5.74, 6) is 0.200. The van der Waals surface area contributed by atoms with Crippen molar-refractivity contribution in [3.05, 3.63) is 89.5 Å². The molecule has 0 atom stereocenters. The van der Waals surface area contributed by atoms with Gasteiger partial charge in [-0.2, -0.15) is 0 Å². The van der Waals surface area contributed by atoms with Crippen molar-refractivity contribution in [1.29, 1.82) is 0 Å². The van der Waals surface area contributed by atoms with E-state index in [9.17, 15) is 13.2 Å². The summed E-state index contributed by atoms with van der Waals surface area (Å²) >= 11 is 0. The molecule has 3 aromatic carbocycles. The van der Waals surface area contributed by atoms with E-state index in [2.05, 4.69) is 5.32 Å². The smallest absolute Gasteiger partial charge is 0.248 e. The van der Waals surface area contributed by atoms with Crippen LogP contribution in [0.5, 0.6) is 5.75 Å². The number of nitrogens with two attached hydrogens (primary N) is 1. The highest BCUT2D eigenvalue weighted by Gasteiger charge is 2.16. The highest BCUT2D eigenvalue weighted by molar-refractivity contribution is 7.90. The van der Waals surface area contributed by atoms with Gasteiger partial charge in [0.1, 0.15) is 5.75 Å². The molecule has 0 saturated heterocycles. The minimum Gasteiger partial charge on any atom is -0.496 e. The van der Waals surface area contributed by atoms with Gasteiger partial charge in [0.15, 0.2) is 9.84 Å². The molecule has 0 saturated carbocycles. The van der Waals surface area contributed by atoms with Gasteiger partial charge < -0.3 is 15.8 Å². The number of nitrogen functional groups attached to an aromatic ring is 1. The molecule has 3 N–H and O–H groups in total. The number of methoxy groups -OCH3 is 1. The first kappa shape index (κ1) is 22.1. The molecule has 3 aromatic rings. The van der Waals surface area contributed by atoms with Crippen LogP contribution in [0.4, 0.5) is 11.4 Å². The lowest BCUT2D eigenvalue weighted by Crippen LogP contribution is -2.09. The van der Waals surface area contributed by atoms with Crippen LogP contribution in [0.3, 0.4) is 0 Å². The fraction of sp³-hybridized carbons (Fsp3) is 0.125. The molecule has 0 aliphatic carbocycles. The summed E-state index contributed by atoms with van der Waals surface area (Å²) < 4.78 is 30.8. The van der Waals surface area contributed by atoms with Crippen LogP contribution in [0.25, 0.3) is 6.08 Å². The number of rotatable bonds is 7. The van der Waals surface area contributed by atoms with Crippen LogP contribution in [0.15, 0.2) is 77.7 Å². The molecular formula is C24H24N2O4S. The maximum Gasteiger partial charge on any atom is 0.248 e. The van der Waals surface area contributed by atoms with Crippen molar-refractivity contribution in [1.82, 2.24) is 0 Å². The van der Waals surface area contributed by atoms with Gasteiger partial charge in [-0.15, -0.1) is 0 Å². The predicted octanol–water partition coefficient (Wildman–Crippen LogP) is 4.21. The number of carbonyl (C=O) groups excluding carboxylic acids is 1. The summed E-state index contributed by atoms with van der Waals surface area (Å²) in [6.07, 6.45) is 2.98. The van der Waals surface area contributed by atoms with E-state index in [1.807, 2.05) is 13.0 Å². The average Bonchev–Trinajstić information content (AvgIpc) is 2.75. The van der Waals surface area contributed by atoms with E-state index in [1.165, 1.54) is 18.2 Å². The molecule has 0 aromatic heterocycles. The maximum absolute atomic E-state index is 12.8. The van der Waals surface area contributed by atoms with Gasteiger partial charge in [0.25, 0.3) is 0 Å². The number of anilines is 2. The highest BCUT2D eigenvalue weighted by Crippen LogP contribution is 2.23. The second kappa shape index (κ2) is 9.49. The van der Waals surface area contributed by atoms with Crippen LogP contribution in [-0.2, 0) is 20.4 Å². The molecule has 0 aliphatic heterocycles. The lowest BCUT2D eigenvalue weighted by atomic mass is 10.1. The topological polar surface area (TPSA) is 98.5 Å². The Kier molecular flexibility index (Phi) is 6.77. The van der Waals surface area contributed by atoms with Crippen LogP contribution in [0.1, 0.15) is 16.7 Å². The molecule has 6 nitrogen and oxygen atoms in total. The molecule has 0 unspecified atom stereocenters. The van der Waals surface area contributed by atoms with Gasteiger partial charge in [-0.25, -0.2) is 8.42 Å². The van der Waals surface area contributed by atoms with Crippen molar-refractivity contribution in [2.75, 3.05) is 18.2 Å². The van der Waals surface area contributed by atoms with Gasteiger partial charge in [0.05, 0.1) is 29.1 Å². The lowest BCUT2D eigenvalue weighted by molar-refractivity contribution is -0.111. The third kappa shape index (κ3) is 5.73. The zero-order valence-electron chi connectivity index (χ0n) is 17.3. The molecule has 7 heteroatoms.